The van der Waals surface area contributed by atoms with Gasteiger partial charge in [-0.2, -0.15) is 0 Å². The molecular weight excluding hydrogens is 276 g/mol. The molecule has 0 radical (unpaired) electrons. The molecular formula is C17H26N4O. The van der Waals surface area contributed by atoms with Crippen molar-refractivity contribution in [1.82, 2.24) is 20.1 Å². The first-order valence-electron chi connectivity index (χ1n) is 8.45. The summed E-state index contributed by atoms with van der Waals surface area (Å²) in [4.78, 5) is 21.1. The van der Waals surface area contributed by atoms with Gasteiger partial charge >= 0.3 is 0 Å². The summed E-state index contributed by atoms with van der Waals surface area (Å²) in [5.74, 6) is 0.325. The summed E-state index contributed by atoms with van der Waals surface area (Å²) in [6.45, 7) is 5.60. The quantitative estimate of drug-likeness (QED) is 0.889. The first-order chi connectivity index (χ1) is 10.8. The highest BCUT2D eigenvalue weighted by molar-refractivity contribution is 5.76. The molecule has 1 amide bonds. The van der Waals surface area contributed by atoms with E-state index >= 15 is 0 Å². The Hall–Kier alpha value is -1.46. The fourth-order valence-electron chi connectivity index (χ4n) is 3.34. The van der Waals surface area contributed by atoms with Crippen molar-refractivity contribution in [3.05, 3.63) is 30.1 Å². The van der Waals surface area contributed by atoms with E-state index in [1.54, 1.807) is 0 Å². The van der Waals surface area contributed by atoms with Gasteiger partial charge in [-0.1, -0.05) is 6.07 Å². The summed E-state index contributed by atoms with van der Waals surface area (Å²) in [6, 6.07) is 6.60. The molecule has 1 aromatic rings. The van der Waals surface area contributed by atoms with Gasteiger partial charge in [-0.15, -0.1) is 0 Å². The summed E-state index contributed by atoms with van der Waals surface area (Å²) >= 11 is 0. The number of nitrogens with one attached hydrogen (secondary N) is 1. The fraction of sp³-hybridized carbons (Fsp3) is 0.647. The van der Waals surface area contributed by atoms with Gasteiger partial charge in [0, 0.05) is 51.4 Å². The van der Waals surface area contributed by atoms with Crippen LogP contribution < -0.4 is 5.32 Å². The Bertz CT molecular complexity index is 465. The zero-order chi connectivity index (χ0) is 15.2. The minimum Gasteiger partial charge on any atom is -0.340 e. The molecule has 3 rings (SSSR count). The topological polar surface area (TPSA) is 48.5 Å². The number of amides is 1. The lowest BCUT2D eigenvalue weighted by molar-refractivity contribution is -0.133. The van der Waals surface area contributed by atoms with Gasteiger partial charge < -0.3 is 10.2 Å². The van der Waals surface area contributed by atoms with E-state index in [0.29, 0.717) is 18.4 Å². The monoisotopic (exact) mass is 302 g/mol. The molecule has 2 aliphatic heterocycles. The molecule has 2 fully saturated rings. The molecule has 22 heavy (non-hydrogen) atoms. The van der Waals surface area contributed by atoms with E-state index in [1.165, 1.54) is 12.8 Å². The molecule has 2 aliphatic rings. The number of aromatic nitrogens is 1. The van der Waals surface area contributed by atoms with Crippen molar-refractivity contribution in [2.45, 2.75) is 38.3 Å². The third-order valence-electron chi connectivity index (χ3n) is 4.71. The van der Waals surface area contributed by atoms with E-state index in [4.69, 9.17) is 0 Å². The molecule has 1 N–H and O–H groups in total. The van der Waals surface area contributed by atoms with E-state index in [-0.39, 0.29) is 0 Å². The second-order valence-corrected chi connectivity index (χ2v) is 6.31. The zero-order valence-corrected chi connectivity index (χ0v) is 13.2. The van der Waals surface area contributed by atoms with Crippen LogP contribution in [0.4, 0.5) is 0 Å². The molecule has 0 aromatic carbocycles. The van der Waals surface area contributed by atoms with Crippen LogP contribution in [0.1, 0.15) is 31.4 Å². The lowest BCUT2D eigenvalue weighted by Gasteiger charge is -2.34. The van der Waals surface area contributed by atoms with Crippen molar-refractivity contribution in [2.75, 3.05) is 32.7 Å². The van der Waals surface area contributed by atoms with Gasteiger partial charge in [0.15, 0.2) is 0 Å². The zero-order valence-electron chi connectivity index (χ0n) is 13.2. The molecule has 1 atom stereocenters. The third-order valence-corrected chi connectivity index (χ3v) is 4.71. The molecule has 1 unspecified atom stereocenters. The molecule has 120 valence electrons. The van der Waals surface area contributed by atoms with Crippen molar-refractivity contribution < 1.29 is 4.79 Å². The van der Waals surface area contributed by atoms with E-state index in [2.05, 4.69) is 21.3 Å². The van der Waals surface area contributed by atoms with Crippen molar-refractivity contribution in [3.8, 4) is 0 Å². The Kier molecular flexibility index (Phi) is 5.40. The van der Waals surface area contributed by atoms with Crippen LogP contribution >= 0.6 is 0 Å². The summed E-state index contributed by atoms with van der Waals surface area (Å²) in [7, 11) is 0. The highest BCUT2D eigenvalue weighted by Gasteiger charge is 2.22. The normalized spacial score (nSPS) is 22.9. The first kappa shape index (κ1) is 15.4. The Labute approximate surface area is 132 Å². The molecule has 1 aromatic heterocycles. The predicted molar refractivity (Wildman–Crippen MR) is 86.4 cm³/mol. The summed E-state index contributed by atoms with van der Waals surface area (Å²) < 4.78 is 0. The molecule has 0 spiro atoms. The van der Waals surface area contributed by atoms with Gasteiger partial charge in [0.25, 0.3) is 0 Å². The lowest BCUT2D eigenvalue weighted by Crippen LogP contribution is -2.48. The van der Waals surface area contributed by atoms with Gasteiger partial charge in [0.1, 0.15) is 0 Å². The SMILES string of the molecule is O=C(CCC1CCCN1)N1CCN(Cc2ccccn2)CC1. The number of pyridine rings is 1. The van der Waals surface area contributed by atoms with E-state index in [9.17, 15) is 4.79 Å². The standard InChI is InChI=1S/C17H26N4O/c22-17(7-6-15-5-3-9-18-15)21-12-10-20(11-13-21)14-16-4-1-2-8-19-16/h1-2,4,8,15,18H,3,5-7,9-14H2. The van der Waals surface area contributed by atoms with Gasteiger partial charge in [0.2, 0.25) is 5.91 Å². The fourth-order valence-corrected chi connectivity index (χ4v) is 3.34. The smallest absolute Gasteiger partial charge is 0.222 e. The van der Waals surface area contributed by atoms with Crippen LogP contribution in [-0.2, 0) is 11.3 Å². The molecule has 3 heterocycles. The van der Waals surface area contributed by atoms with Crippen molar-refractivity contribution in [2.24, 2.45) is 0 Å². The van der Waals surface area contributed by atoms with Gasteiger partial charge in [-0.25, -0.2) is 0 Å². The van der Waals surface area contributed by atoms with E-state index in [0.717, 1.165) is 51.4 Å². The van der Waals surface area contributed by atoms with Crippen LogP contribution in [0.15, 0.2) is 24.4 Å². The van der Waals surface area contributed by atoms with Crippen molar-refractivity contribution in [3.63, 3.8) is 0 Å². The van der Waals surface area contributed by atoms with E-state index in [1.807, 2.05) is 23.2 Å². The molecule has 0 aliphatic carbocycles. The Morgan fingerprint density at radius 2 is 2.14 bits per heavy atom. The number of rotatable bonds is 5. The van der Waals surface area contributed by atoms with Crippen LogP contribution in [0.25, 0.3) is 0 Å². The second kappa shape index (κ2) is 7.70. The van der Waals surface area contributed by atoms with Crippen LogP contribution in [0.3, 0.4) is 0 Å². The Morgan fingerprint density at radius 1 is 1.27 bits per heavy atom. The Morgan fingerprint density at radius 3 is 2.82 bits per heavy atom. The highest BCUT2D eigenvalue weighted by Crippen LogP contribution is 2.13. The number of nitrogens with zero attached hydrogens (tertiary/aromatic N) is 3. The summed E-state index contributed by atoms with van der Waals surface area (Å²) in [6.07, 6.45) is 6.01. The predicted octanol–water partition coefficient (Wildman–Crippen LogP) is 1.26. The Balaban J connectivity index is 1.38. The average Bonchev–Trinajstić information content (AvgIpc) is 3.08. The third kappa shape index (κ3) is 4.27. The molecule has 5 heteroatoms. The van der Waals surface area contributed by atoms with Crippen LogP contribution in [0.2, 0.25) is 0 Å². The molecule has 0 bridgehead atoms. The van der Waals surface area contributed by atoms with Gasteiger partial charge in [-0.3, -0.25) is 14.7 Å². The molecule has 5 nitrogen and oxygen atoms in total. The summed E-state index contributed by atoms with van der Waals surface area (Å²) in [5.41, 5.74) is 1.11. The minimum atomic E-state index is 0.325. The number of carbonyl (C=O) groups is 1. The van der Waals surface area contributed by atoms with Gasteiger partial charge in [0.05, 0.1) is 5.69 Å². The first-order valence-corrected chi connectivity index (χ1v) is 8.45. The van der Waals surface area contributed by atoms with E-state index < -0.39 is 0 Å². The number of hydrogen-bond acceptors (Lipinski definition) is 4. The number of hydrogen-bond donors (Lipinski definition) is 1. The number of carbonyl (C=O) groups excluding carboxylic acids is 1. The van der Waals surface area contributed by atoms with Gasteiger partial charge in [-0.05, 0) is 37.9 Å². The maximum Gasteiger partial charge on any atom is 0.222 e. The average molecular weight is 302 g/mol. The van der Waals surface area contributed by atoms with Crippen LogP contribution in [-0.4, -0.2) is 59.5 Å². The minimum absolute atomic E-state index is 0.325. The molecule has 2 saturated heterocycles. The maximum absolute atomic E-state index is 12.3. The second-order valence-electron chi connectivity index (χ2n) is 6.31. The van der Waals surface area contributed by atoms with Crippen molar-refractivity contribution in [1.29, 1.82) is 0 Å². The highest BCUT2D eigenvalue weighted by atomic mass is 16.2. The number of piperazine rings is 1. The lowest BCUT2D eigenvalue weighted by atomic mass is 10.1. The molecule has 0 saturated carbocycles. The largest absolute Gasteiger partial charge is 0.340 e. The summed E-state index contributed by atoms with van der Waals surface area (Å²) in [5, 5.41) is 3.46. The van der Waals surface area contributed by atoms with Crippen LogP contribution in [0.5, 0.6) is 0 Å². The maximum atomic E-state index is 12.3. The van der Waals surface area contributed by atoms with Crippen molar-refractivity contribution >= 4 is 5.91 Å². The van der Waals surface area contributed by atoms with Crippen LogP contribution in [0, 0.1) is 0 Å².